The van der Waals surface area contributed by atoms with Crippen molar-refractivity contribution < 1.29 is 19.8 Å². The summed E-state index contributed by atoms with van der Waals surface area (Å²) in [5.41, 5.74) is 1.44. The number of carboxylic acid groups (broad SMARTS) is 1. The third-order valence-electron chi connectivity index (χ3n) is 8.90. The first-order valence-electron chi connectivity index (χ1n) is 10.5. The number of allylic oxidation sites excluding steroid dienone is 4. The highest BCUT2D eigenvalue weighted by atomic mass is 16.4. The lowest BCUT2D eigenvalue weighted by molar-refractivity contribution is -0.144. The Morgan fingerprint density at radius 1 is 1.19 bits per heavy atom. The summed E-state index contributed by atoms with van der Waals surface area (Å²) >= 11 is 0. The molecule has 6 atom stereocenters. The van der Waals surface area contributed by atoms with Crippen LogP contribution in [0.4, 0.5) is 0 Å². The zero-order chi connectivity index (χ0) is 19.6. The van der Waals surface area contributed by atoms with Gasteiger partial charge in [-0.05, 0) is 85.7 Å². The Bertz CT molecular complexity index is 749. The largest absolute Gasteiger partial charge is 0.481 e. The summed E-state index contributed by atoms with van der Waals surface area (Å²) in [6.07, 6.45) is 9.87. The number of aliphatic hydroxyl groups is 1. The minimum Gasteiger partial charge on any atom is -0.481 e. The number of fused-ring (bicyclic) bond motifs is 5. The Hall–Kier alpha value is -1.42. The molecule has 0 radical (unpaired) electrons. The third kappa shape index (κ3) is 2.59. The Morgan fingerprint density at radius 3 is 2.59 bits per heavy atom. The SMILES string of the molecule is CC1=C[C@@H]2[C@H](CC[C@@]3(C)[C@H]2CC[C@@]3(O)CCC(=O)O)[C@@]2(C)CCC(=O)C=C12. The summed E-state index contributed by atoms with van der Waals surface area (Å²) in [7, 11) is 0. The van der Waals surface area contributed by atoms with E-state index in [0.29, 0.717) is 37.0 Å². The first-order valence-corrected chi connectivity index (χ1v) is 10.5. The number of carboxylic acids is 1. The summed E-state index contributed by atoms with van der Waals surface area (Å²) in [4.78, 5) is 23.1. The van der Waals surface area contributed by atoms with Crippen LogP contribution in [0.25, 0.3) is 0 Å². The smallest absolute Gasteiger partial charge is 0.303 e. The average molecular weight is 373 g/mol. The van der Waals surface area contributed by atoms with Gasteiger partial charge < -0.3 is 10.2 Å². The van der Waals surface area contributed by atoms with Crippen LogP contribution in [0, 0.1) is 28.6 Å². The van der Waals surface area contributed by atoms with Crippen LogP contribution < -0.4 is 0 Å². The molecule has 0 saturated heterocycles. The highest BCUT2D eigenvalue weighted by Crippen LogP contribution is 2.67. The van der Waals surface area contributed by atoms with E-state index in [1.54, 1.807) is 0 Å². The second-order valence-electron chi connectivity index (χ2n) is 10.0. The van der Waals surface area contributed by atoms with E-state index in [4.69, 9.17) is 5.11 Å². The van der Waals surface area contributed by atoms with Gasteiger partial charge in [0.15, 0.2) is 5.78 Å². The molecule has 0 aromatic carbocycles. The molecule has 0 spiro atoms. The van der Waals surface area contributed by atoms with Gasteiger partial charge in [-0.25, -0.2) is 0 Å². The van der Waals surface area contributed by atoms with Crippen LogP contribution in [-0.2, 0) is 9.59 Å². The summed E-state index contributed by atoms with van der Waals surface area (Å²) in [5.74, 6) is 0.740. The van der Waals surface area contributed by atoms with E-state index in [2.05, 4.69) is 26.8 Å². The molecule has 4 aliphatic rings. The van der Waals surface area contributed by atoms with Crippen molar-refractivity contribution in [3.8, 4) is 0 Å². The first-order chi connectivity index (χ1) is 12.6. The molecule has 0 aromatic rings. The molecule has 27 heavy (non-hydrogen) atoms. The first kappa shape index (κ1) is 18.9. The normalized spacial score (nSPS) is 46.1. The molecule has 4 heteroatoms. The molecule has 4 nitrogen and oxygen atoms in total. The van der Waals surface area contributed by atoms with Gasteiger partial charge >= 0.3 is 5.97 Å². The molecule has 0 unspecified atom stereocenters. The molecule has 0 heterocycles. The topological polar surface area (TPSA) is 74.6 Å². The lowest BCUT2D eigenvalue weighted by Gasteiger charge is -2.58. The van der Waals surface area contributed by atoms with Gasteiger partial charge in [-0.2, -0.15) is 0 Å². The van der Waals surface area contributed by atoms with Crippen LogP contribution in [0.15, 0.2) is 23.3 Å². The Kier molecular flexibility index (Phi) is 4.23. The molecule has 0 aromatic heterocycles. The zero-order valence-electron chi connectivity index (χ0n) is 16.8. The van der Waals surface area contributed by atoms with Crippen molar-refractivity contribution in [3.63, 3.8) is 0 Å². The zero-order valence-corrected chi connectivity index (χ0v) is 16.8. The van der Waals surface area contributed by atoms with E-state index in [0.717, 1.165) is 25.7 Å². The number of rotatable bonds is 3. The van der Waals surface area contributed by atoms with Crippen LogP contribution in [0.5, 0.6) is 0 Å². The Balaban J connectivity index is 1.70. The molecule has 0 bridgehead atoms. The number of hydrogen-bond acceptors (Lipinski definition) is 3. The molecular formula is C23H32O4. The fourth-order valence-electron chi connectivity index (χ4n) is 7.25. The Morgan fingerprint density at radius 2 is 1.89 bits per heavy atom. The van der Waals surface area contributed by atoms with E-state index < -0.39 is 11.6 Å². The molecular weight excluding hydrogens is 340 g/mol. The molecule has 2 saturated carbocycles. The van der Waals surface area contributed by atoms with Crippen molar-refractivity contribution >= 4 is 11.8 Å². The van der Waals surface area contributed by atoms with Crippen LogP contribution in [0.3, 0.4) is 0 Å². The fourth-order valence-corrected chi connectivity index (χ4v) is 7.25. The maximum Gasteiger partial charge on any atom is 0.303 e. The standard InChI is InChI=1S/C23H32O4/c1-14-12-16-17(21(2)8-4-15(24)13-19(14)21)5-9-22(3)18(16)6-10-23(22,27)11-7-20(25)26/h12-13,16-18,27H,4-11H2,1-3H3,(H,25,26)/t16-,17+,18+,21-,22+,23-/m1/s1. The van der Waals surface area contributed by atoms with E-state index in [-0.39, 0.29) is 23.0 Å². The van der Waals surface area contributed by atoms with Crippen molar-refractivity contribution in [2.24, 2.45) is 28.6 Å². The highest BCUT2D eigenvalue weighted by molar-refractivity contribution is 5.92. The second kappa shape index (κ2) is 6.04. The minimum atomic E-state index is -0.873. The summed E-state index contributed by atoms with van der Waals surface area (Å²) in [6.45, 7) is 6.67. The molecule has 4 aliphatic carbocycles. The summed E-state index contributed by atoms with van der Waals surface area (Å²) in [6, 6.07) is 0. The van der Waals surface area contributed by atoms with E-state index >= 15 is 0 Å². The van der Waals surface area contributed by atoms with Gasteiger partial charge in [-0.15, -0.1) is 0 Å². The van der Waals surface area contributed by atoms with Crippen LogP contribution in [-0.4, -0.2) is 27.6 Å². The maximum absolute atomic E-state index is 12.0. The van der Waals surface area contributed by atoms with Gasteiger partial charge in [0.1, 0.15) is 0 Å². The number of aliphatic carboxylic acids is 1. The molecule has 4 rings (SSSR count). The van der Waals surface area contributed by atoms with Gasteiger partial charge in [0, 0.05) is 12.8 Å². The average Bonchev–Trinajstić information content (AvgIpc) is 2.87. The summed E-state index contributed by atoms with van der Waals surface area (Å²) in [5, 5.41) is 20.6. The molecule has 148 valence electrons. The molecule has 0 amide bonds. The van der Waals surface area contributed by atoms with Gasteiger partial charge in [0.25, 0.3) is 0 Å². The van der Waals surface area contributed by atoms with Crippen molar-refractivity contribution in [3.05, 3.63) is 23.3 Å². The monoisotopic (exact) mass is 372 g/mol. The number of carbonyl (C=O) groups excluding carboxylic acids is 1. The fraction of sp³-hybridized carbons (Fsp3) is 0.739. The van der Waals surface area contributed by atoms with Crippen molar-refractivity contribution in [1.29, 1.82) is 0 Å². The van der Waals surface area contributed by atoms with E-state index in [9.17, 15) is 14.7 Å². The minimum absolute atomic E-state index is 0.0362. The van der Waals surface area contributed by atoms with Gasteiger partial charge in [0.05, 0.1) is 5.60 Å². The predicted molar refractivity (Wildman–Crippen MR) is 103 cm³/mol. The summed E-state index contributed by atoms with van der Waals surface area (Å²) < 4.78 is 0. The molecule has 2 N–H and O–H groups in total. The van der Waals surface area contributed by atoms with Crippen LogP contribution in [0.2, 0.25) is 0 Å². The highest BCUT2D eigenvalue weighted by Gasteiger charge is 2.63. The Labute approximate surface area is 161 Å². The lowest BCUT2D eigenvalue weighted by atomic mass is 9.47. The van der Waals surface area contributed by atoms with E-state index in [1.165, 1.54) is 11.1 Å². The maximum atomic E-state index is 12.0. The van der Waals surface area contributed by atoms with Crippen molar-refractivity contribution in [2.75, 3.05) is 0 Å². The van der Waals surface area contributed by atoms with Gasteiger partial charge in [-0.3, -0.25) is 9.59 Å². The van der Waals surface area contributed by atoms with Gasteiger partial charge in [0.2, 0.25) is 0 Å². The number of hydrogen-bond donors (Lipinski definition) is 2. The second-order valence-corrected chi connectivity index (χ2v) is 10.0. The quantitative estimate of drug-likeness (QED) is 0.775. The third-order valence-corrected chi connectivity index (χ3v) is 8.90. The van der Waals surface area contributed by atoms with Crippen molar-refractivity contribution in [2.45, 2.75) is 77.7 Å². The number of ketones is 1. The van der Waals surface area contributed by atoms with Crippen LogP contribution in [0.1, 0.15) is 72.1 Å². The van der Waals surface area contributed by atoms with E-state index in [1.807, 2.05) is 6.08 Å². The lowest BCUT2D eigenvalue weighted by Crippen LogP contribution is -2.54. The molecule has 2 fully saturated rings. The predicted octanol–water partition coefficient (Wildman–Crippen LogP) is 4.28. The van der Waals surface area contributed by atoms with Crippen molar-refractivity contribution in [1.82, 2.24) is 0 Å². The number of carbonyl (C=O) groups is 2. The van der Waals surface area contributed by atoms with Crippen LogP contribution >= 0.6 is 0 Å². The van der Waals surface area contributed by atoms with Gasteiger partial charge in [-0.1, -0.05) is 25.5 Å². The molecule has 0 aliphatic heterocycles.